The van der Waals surface area contributed by atoms with Gasteiger partial charge in [0.25, 0.3) is 0 Å². The highest BCUT2D eigenvalue weighted by Gasteiger charge is 2.18. The van der Waals surface area contributed by atoms with Gasteiger partial charge in [-0.3, -0.25) is 4.79 Å². The molecular formula is C23H27NO3. The highest BCUT2D eigenvalue weighted by atomic mass is 16.5. The van der Waals surface area contributed by atoms with E-state index >= 15 is 0 Å². The van der Waals surface area contributed by atoms with Crippen LogP contribution in [-0.4, -0.2) is 37.6 Å². The summed E-state index contributed by atoms with van der Waals surface area (Å²) < 4.78 is 11.0. The van der Waals surface area contributed by atoms with Crippen LogP contribution in [0.25, 0.3) is 5.57 Å². The molecule has 0 unspecified atom stereocenters. The Balaban J connectivity index is 1.72. The van der Waals surface area contributed by atoms with Gasteiger partial charge in [-0.15, -0.1) is 0 Å². The highest BCUT2D eigenvalue weighted by Crippen LogP contribution is 2.36. The number of fused-ring (bicyclic) bond motifs is 2. The Morgan fingerprint density at radius 2 is 1.85 bits per heavy atom. The number of para-hydroxylation sites is 1. The first-order valence-electron chi connectivity index (χ1n) is 9.54. The van der Waals surface area contributed by atoms with Crippen LogP contribution >= 0.6 is 0 Å². The molecule has 0 N–H and O–H groups in total. The molecule has 1 heterocycles. The molecule has 0 saturated carbocycles. The number of rotatable bonds is 7. The molecule has 4 nitrogen and oxygen atoms in total. The molecule has 0 atom stereocenters. The smallest absolute Gasteiger partial charge is 0.307 e. The zero-order valence-corrected chi connectivity index (χ0v) is 16.1. The van der Waals surface area contributed by atoms with E-state index in [1.807, 2.05) is 26.1 Å². The Bertz CT molecular complexity index is 763. The number of hydrogen-bond acceptors (Lipinski definition) is 4. The van der Waals surface area contributed by atoms with E-state index in [-0.39, 0.29) is 5.97 Å². The van der Waals surface area contributed by atoms with Gasteiger partial charge in [0, 0.05) is 18.7 Å². The van der Waals surface area contributed by atoms with Gasteiger partial charge >= 0.3 is 5.97 Å². The second kappa shape index (κ2) is 9.38. The minimum atomic E-state index is -0.133. The normalized spacial score (nSPS) is 14.3. The average molecular weight is 365 g/mol. The first-order chi connectivity index (χ1) is 13.2. The Morgan fingerprint density at radius 1 is 1.11 bits per heavy atom. The fourth-order valence-electron chi connectivity index (χ4n) is 3.30. The number of nitrogens with zero attached hydrogens (tertiary/aromatic N) is 1. The summed E-state index contributed by atoms with van der Waals surface area (Å²) in [6.07, 6.45) is 3.62. The Morgan fingerprint density at radius 3 is 2.67 bits per heavy atom. The van der Waals surface area contributed by atoms with Crippen molar-refractivity contribution < 1.29 is 14.3 Å². The molecule has 3 rings (SSSR count). The van der Waals surface area contributed by atoms with Gasteiger partial charge in [-0.1, -0.05) is 48.5 Å². The third-order valence-electron chi connectivity index (χ3n) is 4.73. The maximum Gasteiger partial charge on any atom is 0.307 e. The van der Waals surface area contributed by atoms with E-state index in [0.29, 0.717) is 26.2 Å². The van der Waals surface area contributed by atoms with Crippen LogP contribution in [-0.2, 0) is 16.1 Å². The first kappa shape index (κ1) is 19.2. The van der Waals surface area contributed by atoms with Crippen molar-refractivity contribution in [2.24, 2.45) is 0 Å². The monoisotopic (exact) mass is 365 g/mol. The van der Waals surface area contributed by atoms with Gasteiger partial charge in [-0.05, 0) is 43.2 Å². The van der Waals surface area contributed by atoms with Gasteiger partial charge in [0.15, 0.2) is 0 Å². The standard InChI is InChI=1S/C23H27NO3/c1-3-26-23(25)14-16-24(2)15-8-12-20-19-10-5-4-9-18(19)17-27-22-13-7-6-11-21(20)22/h4-7,9-13H,3,8,14-17H2,1-2H3/b20-12+. The topological polar surface area (TPSA) is 38.8 Å². The molecule has 142 valence electrons. The summed E-state index contributed by atoms with van der Waals surface area (Å²) in [6, 6.07) is 16.6. The largest absolute Gasteiger partial charge is 0.488 e. The molecule has 0 radical (unpaired) electrons. The molecule has 0 fully saturated rings. The van der Waals surface area contributed by atoms with Gasteiger partial charge < -0.3 is 14.4 Å². The number of hydrogen-bond donors (Lipinski definition) is 0. The number of carbonyl (C=O) groups is 1. The zero-order chi connectivity index (χ0) is 19.1. The summed E-state index contributed by atoms with van der Waals surface area (Å²) >= 11 is 0. The number of benzene rings is 2. The summed E-state index contributed by atoms with van der Waals surface area (Å²) in [5.41, 5.74) is 4.79. The van der Waals surface area contributed by atoms with Crippen LogP contribution in [0.3, 0.4) is 0 Å². The van der Waals surface area contributed by atoms with E-state index in [9.17, 15) is 4.79 Å². The van der Waals surface area contributed by atoms with Crippen LogP contribution in [0, 0.1) is 0 Å². The van der Waals surface area contributed by atoms with E-state index in [1.165, 1.54) is 16.7 Å². The highest BCUT2D eigenvalue weighted by molar-refractivity contribution is 5.84. The molecule has 1 aliphatic rings. The quantitative estimate of drug-likeness (QED) is 0.686. The van der Waals surface area contributed by atoms with Crippen molar-refractivity contribution in [3.63, 3.8) is 0 Å². The lowest BCUT2D eigenvalue weighted by Crippen LogP contribution is -2.23. The molecule has 1 aliphatic heterocycles. The summed E-state index contributed by atoms with van der Waals surface area (Å²) in [6.45, 7) is 4.45. The summed E-state index contributed by atoms with van der Waals surface area (Å²) in [4.78, 5) is 13.7. The van der Waals surface area contributed by atoms with Gasteiger partial charge in [-0.25, -0.2) is 0 Å². The van der Waals surface area contributed by atoms with E-state index in [2.05, 4.69) is 47.4 Å². The van der Waals surface area contributed by atoms with Crippen molar-refractivity contribution in [3.05, 3.63) is 71.3 Å². The number of ether oxygens (including phenoxy) is 2. The third kappa shape index (κ3) is 4.98. The zero-order valence-electron chi connectivity index (χ0n) is 16.1. The Kier molecular flexibility index (Phi) is 6.66. The third-order valence-corrected chi connectivity index (χ3v) is 4.73. The summed E-state index contributed by atoms with van der Waals surface area (Å²) in [5.74, 6) is 0.794. The molecule has 0 aromatic heterocycles. The SMILES string of the molecule is CCOC(=O)CCN(C)CC/C=C1\c2ccccc2COc2ccccc21. The van der Waals surface area contributed by atoms with Gasteiger partial charge in [-0.2, -0.15) is 0 Å². The van der Waals surface area contributed by atoms with Crippen LogP contribution < -0.4 is 4.74 Å². The molecule has 27 heavy (non-hydrogen) atoms. The molecule has 0 spiro atoms. The lowest BCUT2D eigenvalue weighted by molar-refractivity contribution is -0.143. The maximum atomic E-state index is 11.5. The average Bonchev–Trinajstić information content (AvgIpc) is 2.84. The Labute approximate surface area is 161 Å². The second-order valence-electron chi connectivity index (χ2n) is 6.71. The summed E-state index contributed by atoms with van der Waals surface area (Å²) in [7, 11) is 2.04. The van der Waals surface area contributed by atoms with Crippen molar-refractivity contribution in [3.8, 4) is 5.75 Å². The van der Waals surface area contributed by atoms with Crippen LogP contribution in [0.15, 0.2) is 54.6 Å². The molecule has 0 bridgehead atoms. The fourth-order valence-corrected chi connectivity index (χ4v) is 3.30. The molecule has 2 aromatic carbocycles. The minimum Gasteiger partial charge on any atom is -0.488 e. The molecule has 0 aliphatic carbocycles. The molecule has 0 amide bonds. The van der Waals surface area contributed by atoms with Crippen LogP contribution in [0.1, 0.15) is 36.5 Å². The number of carbonyl (C=O) groups excluding carboxylic acids is 1. The molecule has 4 heteroatoms. The van der Waals surface area contributed by atoms with E-state index in [4.69, 9.17) is 9.47 Å². The number of esters is 1. The van der Waals surface area contributed by atoms with Crippen molar-refractivity contribution in [1.82, 2.24) is 4.90 Å². The first-order valence-corrected chi connectivity index (χ1v) is 9.54. The van der Waals surface area contributed by atoms with Gasteiger partial charge in [0.2, 0.25) is 0 Å². The van der Waals surface area contributed by atoms with Crippen molar-refractivity contribution in [2.75, 3.05) is 26.7 Å². The van der Waals surface area contributed by atoms with Gasteiger partial charge in [0.05, 0.1) is 13.0 Å². The van der Waals surface area contributed by atoms with Crippen molar-refractivity contribution in [1.29, 1.82) is 0 Å². The predicted octanol–water partition coefficient (Wildman–Crippen LogP) is 4.29. The fraction of sp³-hybridized carbons (Fsp3) is 0.348. The molecule has 0 saturated heterocycles. The van der Waals surface area contributed by atoms with Crippen LogP contribution in [0.4, 0.5) is 0 Å². The predicted molar refractivity (Wildman–Crippen MR) is 108 cm³/mol. The van der Waals surface area contributed by atoms with E-state index < -0.39 is 0 Å². The molecular weight excluding hydrogens is 338 g/mol. The lowest BCUT2D eigenvalue weighted by atomic mass is 9.93. The van der Waals surface area contributed by atoms with E-state index in [0.717, 1.165) is 24.3 Å². The van der Waals surface area contributed by atoms with Crippen LogP contribution in [0.5, 0.6) is 5.75 Å². The second-order valence-corrected chi connectivity index (χ2v) is 6.71. The lowest BCUT2D eigenvalue weighted by Gasteiger charge is -2.16. The van der Waals surface area contributed by atoms with Crippen molar-refractivity contribution in [2.45, 2.75) is 26.4 Å². The maximum absolute atomic E-state index is 11.5. The van der Waals surface area contributed by atoms with Gasteiger partial charge in [0.1, 0.15) is 12.4 Å². The minimum absolute atomic E-state index is 0.133. The van der Waals surface area contributed by atoms with E-state index in [1.54, 1.807) is 0 Å². The Hall–Kier alpha value is -2.59. The van der Waals surface area contributed by atoms with Crippen molar-refractivity contribution >= 4 is 11.5 Å². The molecule has 2 aromatic rings. The van der Waals surface area contributed by atoms with Crippen LogP contribution in [0.2, 0.25) is 0 Å². The summed E-state index contributed by atoms with van der Waals surface area (Å²) in [5, 5.41) is 0.